The minimum absolute atomic E-state index is 1.08. The van der Waals surface area contributed by atoms with Crippen LogP contribution in [0.3, 0.4) is 0 Å². The third kappa shape index (κ3) is 997. The van der Waals surface area contributed by atoms with Crippen molar-refractivity contribution in [3.8, 4) is 0 Å². The molecule has 0 atom stereocenters. The standard InChI is InChI=1S/2CH3O2S.Al.ClH/c2*1-4(2)3;;/h2*1H3;;1H/q2*-1;+3;/p-1. The Labute approximate surface area is 76.1 Å². The Morgan fingerprint density at radius 3 is 0.900 bits per heavy atom. The number of hydrogen-bond donors (Lipinski definition) is 0. The molecule has 4 nitrogen and oxygen atoms in total. The molecule has 0 amide bonds. The monoisotopic (exact) mass is 220 g/mol. The predicted octanol–water partition coefficient (Wildman–Crippen LogP) is 0.160. The average molecular weight is 221 g/mol. The quantitative estimate of drug-likeness (QED) is 0.431. The van der Waals surface area contributed by atoms with E-state index in [9.17, 15) is 0 Å². The molecule has 0 aromatic carbocycles. The molecule has 0 unspecified atom stereocenters. The summed E-state index contributed by atoms with van der Waals surface area (Å²) in [5.41, 5.74) is 0. The third-order valence-corrected chi connectivity index (χ3v) is 0. The molecular formula is C2H6AlClO4S2. The summed E-state index contributed by atoms with van der Waals surface area (Å²) < 4.78 is 36.0. The van der Waals surface area contributed by atoms with Crippen molar-refractivity contribution in [2.75, 3.05) is 12.5 Å². The van der Waals surface area contributed by atoms with Crippen molar-refractivity contribution < 1.29 is 16.8 Å². The van der Waals surface area contributed by atoms with E-state index in [1.54, 1.807) is 0 Å². The van der Waals surface area contributed by atoms with Gasteiger partial charge in [-0.2, -0.15) is 0 Å². The SMILES string of the molecule is C[S-](=O)=O.C[S-](=O)=O.[Al+2][Cl]. The molecule has 0 heterocycles. The Balaban J connectivity index is -0.0000000787. The molecule has 0 rings (SSSR count). The van der Waals surface area contributed by atoms with Gasteiger partial charge < -0.3 is 16.8 Å². The molecule has 0 bridgehead atoms. The zero-order chi connectivity index (χ0) is 9.15. The maximum absolute atomic E-state index is 9.00. The molecule has 0 spiro atoms. The first-order valence-electron chi connectivity index (χ1n) is 1.70. The van der Waals surface area contributed by atoms with Crippen molar-refractivity contribution in [2.45, 2.75) is 0 Å². The zero-order valence-electron chi connectivity index (χ0n) is 5.40. The Morgan fingerprint density at radius 1 is 0.900 bits per heavy atom. The summed E-state index contributed by atoms with van der Waals surface area (Å²) in [4.78, 5) is 0. The fourth-order valence-electron chi connectivity index (χ4n) is 0. The molecule has 0 aromatic heterocycles. The van der Waals surface area contributed by atoms with Crippen LogP contribution >= 0.6 is 10.0 Å². The second-order valence-electron chi connectivity index (χ2n) is 0.803. The summed E-state index contributed by atoms with van der Waals surface area (Å²) in [6, 6.07) is 0. The maximum atomic E-state index is 9.00. The van der Waals surface area contributed by atoms with E-state index in [0.717, 1.165) is 12.5 Å². The molecule has 0 fully saturated rings. The number of rotatable bonds is 0. The van der Waals surface area contributed by atoms with Crippen molar-refractivity contribution in [3.63, 3.8) is 0 Å². The van der Waals surface area contributed by atoms with Crippen molar-refractivity contribution in [1.29, 1.82) is 0 Å². The van der Waals surface area contributed by atoms with E-state index in [2.05, 4.69) is 10.0 Å². The van der Waals surface area contributed by atoms with Gasteiger partial charge in [0, 0.05) is 0 Å². The third-order valence-electron chi connectivity index (χ3n) is 0. The fraction of sp³-hybridized carbons (Fsp3) is 1.00. The Hall–Kier alpha value is 0.722. The minimum atomic E-state index is -1.86. The van der Waals surface area contributed by atoms with Crippen LogP contribution in [0.1, 0.15) is 0 Å². The second-order valence-corrected chi connectivity index (χ2v) is 2.41. The predicted molar refractivity (Wildman–Crippen MR) is 40.9 cm³/mol. The van der Waals surface area contributed by atoms with Gasteiger partial charge in [-0.3, -0.25) is 0 Å². The first-order chi connectivity index (χ1) is 4.46. The van der Waals surface area contributed by atoms with Crippen LogP contribution in [-0.4, -0.2) is 27.9 Å². The second kappa shape index (κ2) is 16.4. The van der Waals surface area contributed by atoms with Gasteiger partial charge in [0.05, 0.1) is 0 Å². The summed E-state index contributed by atoms with van der Waals surface area (Å²) in [6.45, 7) is 0. The van der Waals surface area contributed by atoms with Gasteiger partial charge in [-0.25, -0.2) is 0 Å². The molecular weight excluding hydrogens is 215 g/mol. The Kier molecular flexibility index (Phi) is 27.8. The van der Waals surface area contributed by atoms with Crippen LogP contribution in [0.2, 0.25) is 0 Å². The van der Waals surface area contributed by atoms with E-state index in [0.29, 0.717) is 0 Å². The summed E-state index contributed by atoms with van der Waals surface area (Å²) in [5, 5.41) is 0. The van der Waals surface area contributed by atoms with Crippen molar-refractivity contribution in [3.05, 3.63) is 0 Å². The van der Waals surface area contributed by atoms with Crippen LogP contribution in [0.5, 0.6) is 0 Å². The molecule has 10 heavy (non-hydrogen) atoms. The topological polar surface area (TPSA) is 68.3 Å². The molecule has 0 saturated carbocycles. The Bertz CT molecular complexity index is 138. The van der Waals surface area contributed by atoms with Crippen LogP contribution in [0, 0.1) is 0 Å². The van der Waals surface area contributed by atoms with E-state index in [4.69, 9.17) is 16.8 Å². The fourth-order valence-corrected chi connectivity index (χ4v) is 0. The van der Waals surface area contributed by atoms with Crippen molar-refractivity contribution in [2.24, 2.45) is 0 Å². The Morgan fingerprint density at radius 2 is 0.900 bits per heavy atom. The van der Waals surface area contributed by atoms with Crippen LogP contribution < -0.4 is 0 Å². The van der Waals surface area contributed by atoms with E-state index >= 15 is 0 Å². The molecule has 0 N–H and O–H groups in total. The van der Waals surface area contributed by atoms with Crippen LogP contribution in [0.4, 0.5) is 0 Å². The van der Waals surface area contributed by atoms with Crippen molar-refractivity contribution in [1.82, 2.24) is 0 Å². The first-order valence-corrected chi connectivity index (χ1v) is 6.41. The molecule has 8 heteroatoms. The molecule has 0 aliphatic carbocycles. The summed E-state index contributed by atoms with van der Waals surface area (Å²) in [7, 11) is 0.833. The van der Waals surface area contributed by atoms with Gasteiger partial charge in [-0.1, -0.05) is 33.9 Å². The molecule has 0 radical (unpaired) electrons. The zero-order valence-corrected chi connectivity index (χ0v) is 8.95. The van der Waals surface area contributed by atoms with Crippen LogP contribution in [0.25, 0.3) is 0 Å². The molecule has 60 valence electrons. The van der Waals surface area contributed by atoms with E-state index in [1.807, 2.05) is 15.4 Å². The molecule has 0 aliphatic heterocycles. The van der Waals surface area contributed by atoms with Gasteiger partial charge in [0.25, 0.3) is 0 Å². The van der Waals surface area contributed by atoms with Gasteiger partial charge in [0.15, 0.2) is 0 Å². The molecule has 0 aromatic rings. The van der Waals surface area contributed by atoms with Gasteiger partial charge >= 0.3 is 25.4 Å². The number of halogens is 1. The normalized spacial score (nSPS) is 7.50. The van der Waals surface area contributed by atoms with E-state index in [-0.39, 0.29) is 0 Å². The summed E-state index contributed by atoms with van der Waals surface area (Å²) in [6.07, 6.45) is 2.17. The summed E-state index contributed by atoms with van der Waals surface area (Å²) >= 11 is 1.89. The van der Waals surface area contributed by atoms with Crippen molar-refractivity contribution >= 4 is 46.8 Å². The molecule has 0 saturated heterocycles. The van der Waals surface area contributed by atoms with E-state index < -0.39 is 21.4 Å². The van der Waals surface area contributed by atoms with Gasteiger partial charge in [-0.05, 0) is 0 Å². The average Bonchev–Trinajstić information content (AvgIpc) is 1.66. The van der Waals surface area contributed by atoms with Gasteiger partial charge in [0.2, 0.25) is 0 Å². The van der Waals surface area contributed by atoms with Gasteiger partial charge in [-0.15, -0.1) is 0 Å². The summed E-state index contributed by atoms with van der Waals surface area (Å²) in [5.74, 6) is 0. The molecule has 0 aliphatic rings. The van der Waals surface area contributed by atoms with Gasteiger partial charge in [0.1, 0.15) is 0 Å². The van der Waals surface area contributed by atoms with Crippen LogP contribution in [-0.2, 0) is 38.2 Å². The first kappa shape index (κ1) is 17.0. The van der Waals surface area contributed by atoms with Crippen LogP contribution in [0.15, 0.2) is 0 Å². The van der Waals surface area contributed by atoms with E-state index in [1.165, 1.54) is 0 Å². The number of hydrogen-bond acceptors (Lipinski definition) is 6.